The van der Waals surface area contributed by atoms with Crippen LogP contribution in [0.4, 0.5) is 0 Å². The maximum atomic E-state index is 12.2. The third kappa shape index (κ3) is 2.06. The summed E-state index contributed by atoms with van der Waals surface area (Å²) in [4.78, 5) is 12.2. The summed E-state index contributed by atoms with van der Waals surface area (Å²) in [6, 6.07) is 9.47. The van der Waals surface area contributed by atoms with Crippen LogP contribution < -0.4 is 5.69 Å². The van der Waals surface area contributed by atoms with E-state index in [1.54, 1.807) is 10.6 Å². The summed E-state index contributed by atoms with van der Waals surface area (Å²) in [5.41, 5.74) is 1.37. The van der Waals surface area contributed by atoms with E-state index in [1.165, 1.54) is 4.68 Å². The third-order valence-electron chi connectivity index (χ3n) is 3.49. The molecule has 0 bridgehead atoms. The lowest BCUT2D eigenvalue weighted by molar-refractivity contribution is 0.511. The summed E-state index contributed by atoms with van der Waals surface area (Å²) in [6.45, 7) is 1.12. The minimum Gasteiger partial charge on any atom is -0.279 e. The maximum Gasteiger partial charge on any atom is 0.346 e. The van der Waals surface area contributed by atoms with E-state index in [-0.39, 0.29) is 5.69 Å². The highest BCUT2D eigenvalue weighted by Gasteiger charge is 2.17. The van der Waals surface area contributed by atoms with Gasteiger partial charge in [-0.05, 0) is 24.5 Å². The molecule has 1 aromatic heterocycles. The van der Waals surface area contributed by atoms with Crippen molar-refractivity contribution in [3.8, 4) is 6.07 Å². The first-order valence-corrected chi connectivity index (χ1v) is 6.44. The molecule has 2 aromatic rings. The molecule has 1 aromatic carbocycles. The maximum absolute atomic E-state index is 12.2. The van der Waals surface area contributed by atoms with E-state index in [4.69, 9.17) is 5.26 Å². The molecule has 5 heteroatoms. The number of nitriles is 1. The summed E-state index contributed by atoms with van der Waals surface area (Å²) in [7, 11) is 0. The summed E-state index contributed by atoms with van der Waals surface area (Å²) >= 11 is 0. The van der Waals surface area contributed by atoms with Crippen LogP contribution in [0.2, 0.25) is 0 Å². The third-order valence-corrected chi connectivity index (χ3v) is 3.49. The number of hydrogen-bond donors (Lipinski definition) is 0. The van der Waals surface area contributed by atoms with Gasteiger partial charge in [0.2, 0.25) is 0 Å². The predicted molar refractivity (Wildman–Crippen MR) is 69.7 cm³/mol. The molecular weight excluding hydrogens is 240 g/mol. The van der Waals surface area contributed by atoms with Crippen molar-refractivity contribution in [3.05, 3.63) is 51.7 Å². The van der Waals surface area contributed by atoms with Gasteiger partial charge in [0.05, 0.1) is 18.2 Å². The monoisotopic (exact) mass is 254 g/mol. The Labute approximate surface area is 110 Å². The van der Waals surface area contributed by atoms with Crippen LogP contribution in [-0.2, 0) is 19.5 Å². The number of hydrogen-bond acceptors (Lipinski definition) is 3. The molecule has 0 fully saturated rings. The van der Waals surface area contributed by atoms with Crippen LogP contribution in [0.25, 0.3) is 0 Å². The number of aromatic nitrogens is 3. The normalized spacial score (nSPS) is 13.8. The molecule has 0 saturated heterocycles. The first-order valence-electron chi connectivity index (χ1n) is 6.44. The Bertz CT molecular complexity index is 705. The fourth-order valence-electron chi connectivity index (χ4n) is 2.48. The molecule has 0 radical (unpaired) electrons. The first-order chi connectivity index (χ1) is 9.29. The molecule has 0 unspecified atom stereocenters. The van der Waals surface area contributed by atoms with Gasteiger partial charge >= 0.3 is 5.69 Å². The molecule has 3 rings (SSSR count). The Morgan fingerprint density at radius 2 is 2.16 bits per heavy atom. The summed E-state index contributed by atoms with van der Waals surface area (Å²) in [6.07, 6.45) is 2.99. The van der Waals surface area contributed by atoms with Crippen molar-refractivity contribution in [1.29, 1.82) is 5.26 Å². The number of aryl methyl sites for hydroxylation is 1. The van der Waals surface area contributed by atoms with Crippen molar-refractivity contribution < 1.29 is 0 Å². The van der Waals surface area contributed by atoms with Crippen molar-refractivity contribution in [3.63, 3.8) is 0 Å². The van der Waals surface area contributed by atoms with Crippen LogP contribution in [0, 0.1) is 11.3 Å². The molecular formula is C14H14N4O. The highest BCUT2D eigenvalue weighted by atomic mass is 16.2. The topological polar surface area (TPSA) is 63.6 Å². The lowest BCUT2D eigenvalue weighted by Crippen LogP contribution is -2.27. The Morgan fingerprint density at radius 1 is 1.32 bits per heavy atom. The molecule has 0 spiro atoms. The van der Waals surface area contributed by atoms with Crippen LogP contribution in [0.1, 0.15) is 29.8 Å². The summed E-state index contributed by atoms with van der Waals surface area (Å²) < 4.78 is 3.22. The smallest absolute Gasteiger partial charge is 0.279 e. The van der Waals surface area contributed by atoms with Gasteiger partial charge in [-0.1, -0.05) is 18.2 Å². The number of nitrogens with zero attached hydrogens (tertiary/aromatic N) is 4. The molecule has 0 saturated carbocycles. The molecule has 0 atom stereocenters. The van der Waals surface area contributed by atoms with Crippen molar-refractivity contribution in [2.45, 2.75) is 32.4 Å². The second kappa shape index (κ2) is 4.73. The highest BCUT2D eigenvalue weighted by molar-refractivity contribution is 5.37. The Hall–Kier alpha value is -2.35. The van der Waals surface area contributed by atoms with Crippen molar-refractivity contribution in [1.82, 2.24) is 14.3 Å². The molecule has 0 N–H and O–H groups in total. The number of rotatable bonds is 2. The van der Waals surface area contributed by atoms with E-state index in [0.29, 0.717) is 12.1 Å². The van der Waals surface area contributed by atoms with E-state index in [1.807, 2.05) is 18.2 Å². The summed E-state index contributed by atoms with van der Waals surface area (Å²) in [5, 5.41) is 13.4. The van der Waals surface area contributed by atoms with Gasteiger partial charge in [-0.3, -0.25) is 4.57 Å². The fraction of sp³-hybridized carbons (Fsp3) is 0.357. The van der Waals surface area contributed by atoms with Crippen LogP contribution in [0.5, 0.6) is 0 Å². The molecule has 2 heterocycles. The van der Waals surface area contributed by atoms with E-state index in [9.17, 15) is 4.79 Å². The average molecular weight is 254 g/mol. The average Bonchev–Trinajstić information content (AvgIpc) is 2.77. The zero-order valence-electron chi connectivity index (χ0n) is 10.5. The van der Waals surface area contributed by atoms with Gasteiger partial charge in [0.25, 0.3) is 0 Å². The molecule has 0 aliphatic carbocycles. The molecule has 1 aliphatic rings. The minimum atomic E-state index is -0.0672. The van der Waals surface area contributed by atoms with Gasteiger partial charge in [-0.15, -0.1) is 0 Å². The van der Waals surface area contributed by atoms with Gasteiger partial charge < -0.3 is 0 Å². The van der Waals surface area contributed by atoms with E-state index >= 15 is 0 Å². The zero-order valence-corrected chi connectivity index (χ0v) is 10.5. The number of benzene rings is 1. The van der Waals surface area contributed by atoms with Gasteiger partial charge in [-0.25, -0.2) is 9.48 Å². The number of fused-ring (bicyclic) bond motifs is 1. The molecule has 19 heavy (non-hydrogen) atoms. The van der Waals surface area contributed by atoms with Crippen molar-refractivity contribution in [2.24, 2.45) is 0 Å². The fourth-order valence-corrected chi connectivity index (χ4v) is 2.48. The van der Waals surface area contributed by atoms with Crippen LogP contribution in [0.3, 0.4) is 0 Å². The quantitative estimate of drug-likeness (QED) is 0.811. The highest BCUT2D eigenvalue weighted by Crippen LogP contribution is 2.11. The standard InChI is InChI=1S/C14H14N4O/c15-9-11-5-1-2-6-12(11)10-18-14(19)17-8-4-3-7-13(17)16-18/h1-2,5-6H,3-4,7-8,10H2. The van der Waals surface area contributed by atoms with Gasteiger partial charge in [0.1, 0.15) is 5.82 Å². The second-order valence-corrected chi connectivity index (χ2v) is 4.73. The minimum absolute atomic E-state index is 0.0672. The summed E-state index contributed by atoms with van der Waals surface area (Å²) in [5.74, 6) is 0.866. The second-order valence-electron chi connectivity index (χ2n) is 4.73. The van der Waals surface area contributed by atoms with E-state index in [2.05, 4.69) is 11.2 Å². The van der Waals surface area contributed by atoms with Gasteiger partial charge in [0, 0.05) is 13.0 Å². The molecule has 0 amide bonds. The Morgan fingerprint density at radius 3 is 2.95 bits per heavy atom. The largest absolute Gasteiger partial charge is 0.346 e. The Kier molecular flexibility index (Phi) is 2.92. The van der Waals surface area contributed by atoms with Crippen LogP contribution >= 0.6 is 0 Å². The zero-order chi connectivity index (χ0) is 13.2. The predicted octanol–water partition coefficient (Wildman–Crippen LogP) is 1.30. The first kappa shape index (κ1) is 11.7. The molecule has 5 nitrogen and oxygen atoms in total. The van der Waals surface area contributed by atoms with Crippen LogP contribution in [0.15, 0.2) is 29.1 Å². The lowest BCUT2D eigenvalue weighted by Gasteiger charge is -2.09. The van der Waals surface area contributed by atoms with Gasteiger partial charge in [0.15, 0.2) is 0 Å². The van der Waals surface area contributed by atoms with Crippen LogP contribution in [-0.4, -0.2) is 14.3 Å². The molecule has 1 aliphatic heterocycles. The van der Waals surface area contributed by atoms with Gasteiger partial charge in [-0.2, -0.15) is 10.4 Å². The van der Waals surface area contributed by atoms with E-state index in [0.717, 1.165) is 37.2 Å². The Balaban J connectivity index is 1.98. The van der Waals surface area contributed by atoms with Crippen molar-refractivity contribution in [2.75, 3.05) is 0 Å². The van der Waals surface area contributed by atoms with E-state index < -0.39 is 0 Å². The molecule has 96 valence electrons. The van der Waals surface area contributed by atoms with Crippen molar-refractivity contribution >= 4 is 0 Å². The SMILES string of the molecule is N#Cc1ccccc1Cn1nc2n(c1=O)CCCC2. The lowest BCUT2D eigenvalue weighted by atomic mass is 10.1.